The van der Waals surface area contributed by atoms with Gasteiger partial charge in [-0.3, -0.25) is 0 Å². The standard InChI is InChI=1S/C13H15ClO3/c14-10-6-3-7-11(12(10)13(15)16)17-8-9-4-1-2-5-9/h3,6-7,9H,1-2,4-5,8H2,(H,15,16). The van der Waals surface area contributed by atoms with Crippen LogP contribution in [0.15, 0.2) is 18.2 Å². The predicted molar refractivity (Wildman–Crippen MR) is 65.9 cm³/mol. The summed E-state index contributed by atoms with van der Waals surface area (Å²) in [6.45, 7) is 0.584. The number of benzene rings is 1. The first-order valence-corrected chi connectivity index (χ1v) is 6.21. The van der Waals surface area contributed by atoms with E-state index in [1.165, 1.54) is 25.7 Å². The molecular formula is C13H15ClO3. The number of carboxylic acid groups (broad SMARTS) is 1. The molecular weight excluding hydrogens is 240 g/mol. The third-order valence-electron chi connectivity index (χ3n) is 3.14. The molecule has 1 saturated carbocycles. The van der Waals surface area contributed by atoms with Crippen LogP contribution in [-0.2, 0) is 0 Å². The molecule has 0 heterocycles. The molecule has 1 aliphatic carbocycles. The van der Waals surface area contributed by atoms with Gasteiger partial charge in [-0.05, 0) is 30.9 Å². The van der Waals surface area contributed by atoms with Gasteiger partial charge in [0.05, 0.1) is 11.6 Å². The molecule has 0 saturated heterocycles. The Labute approximate surface area is 105 Å². The Hall–Kier alpha value is -1.22. The van der Waals surface area contributed by atoms with Crippen LogP contribution in [0.2, 0.25) is 5.02 Å². The van der Waals surface area contributed by atoms with Crippen LogP contribution < -0.4 is 4.74 Å². The first-order chi connectivity index (χ1) is 8.18. The van der Waals surface area contributed by atoms with E-state index < -0.39 is 5.97 Å². The highest BCUT2D eigenvalue weighted by molar-refractivity contribution is 6.33. The van der Waals surface area contributed by atoms with Crippen LogP contribution in [0.3, 0.4) is 0 Å². The van der Waals surface area contributed by atoms with Crippen molar-refractivity contribution in [1.82, 2.24) is 0 Å². The van der Waals surface area contributed by atoms with Crippen LogP contribution in [0.25, 0.3) is 0 Å². The van der Waals surface area contributed by atoms with Crippen molar-refractivity contribution in [2.75, 3.05) is 6.61 Å². The van der Waals surface area contributed by atoms with E-state index in [0.29, 0.717) is 18.3 Å². The van der Waals surface area contributed by atoms with E-state index >= 15 is 0 Å². The summed E-state index contributed by atoms with van der Waals surface area (Å²) in [4.78, 5) is 11.1. The second-order valence-electron chi connectivity index (χ2n) is 4.38. The minimum Gasteiger partial charge on any atom is -0.492 e. The average molecular weight is 255 g/mol. The number of ether oxygens (including phenoxy) is 1. The number of carbonyl (C=O) groups is 1. The van der Waals surface area contributed by atoms with E-state index in [-0.39, 0.29) is 10.6 Å². The molecule has 0 radical (unpaired) electrons. The van der Waals surface area contributed by atoms with E-state index in [4.69, 9.17) is 21.4 Å². The molecule has 3 nitrogen and oxygen atoms in total. The molecule has 0 spiro atoms. The van der Waals surface area contributed by atoms with Crippen molar-refractivity contribution in [3.8, 4) is 5.75 Å². The summed E-state index contributed by atoms with van der Waals surface area (Å²) in [6, 6.07) is 4.93. The lowest BCUT2D eigenvalue weighted by Gasteiger charge is -2.13. The summed E-state index contributed by atoms with van der Waals surface area (Å²) in [6.07, 6.45) is 4.83. The summed E-state index contributed by atoms with van der Waals surface area (Å²) in [5, 5.41) is 9.30. The van der Waals surface area contributed by atoms with Crippen LogP contribution in [0.1, 0.15) is 36.0 Å². The molecule has 1 aromatic carbocycles. The van der Waals surface area contributed by atoms with Gasteiger partial charge in [0.15, 0.2) is 0 Å². The lowest BCUT2D eigenvalue weighted by molar-refractivity contribution is 0.0691. The van der Waals surface area contributed by atoms with Gasteiger partial charge in [-0.25, -0.2) is 4.79 Å². The van der Waals surface area contributed by atoms with Gasteiger partial charge in [-0.1, -0.05) is 30.5 Å². The third-order valence-corrected chi connectivity index (χ3v) is 3.45. The largest absolute Gasteiger partial charge is 0.492 e. The summed E-state index contributed by atoms with van der Waals surface area (Å²) >= 11 is 5.86. The van der Waals surface area contributed by atoms with Crippen LogP contribution in [0.5, 0.6) is 5.75 Å². The molecule has 1 N–H and O–H groups in total. The fraction of sp³-hybridized carbons (Fsp3) is 0.462. The van der Waals surface area contributed by atoms with E-state index in [1.54, 1.807) is 18.2 Å². The topological polar surface area (TPSA) is 46.5 Å². The molecule has 17 heavy (non-hydrogen) atoms. The monoisotopic (exact) mass is 254 g/mol. The Morgan fingerprint density at radius 1 is 1.41 bits per heavy atom. The molecule has 0 atom stereocenters. The first kappa shape index (κ1) is 12.2. The van der Waals surface area contributed by atoms with Gasteiger partial charge in [-0.15, -0.1) is 0 Å². The zero-order valence-electron chi connectivity index (χ0n) is 9.49. The minimum absolute atomic E-state index is 0.0622. The lowest BCUT2D eigenvalue weighted by Crippen LogP contribution is -2.11. The number of hydrogen-bond donors (Lipinski definition) is 1. The highest BCUT2D eigenvalue weighted by Crippen LogP contribution is 2.29. The molecule has 0 bridgehead atoms. The van der Waals surface area contributed by atoms with Gasteiger partial charge in [0.2, 0.25) is 0 Å². The zero-order valence-corrected chi connectivity index (χ0v) is 10.2. The number of rotatable bonds is 4. The average Bonchev–Trinajstić information content (AvgIpc) is 2.78. The molecule has 0 unspecified atom stereocenters. The third kappa shape index (κ3) is 2.91. The molecule has 0 aliphatic heterocycles. The Kier molecular flexibility index (Phi) is 3.89. The maximum absolute atomic E-state index is 11.1. The molecule has 92 valence electrons. The highest BCUT2D eigenvalue weighted by atomic mass is 35.5. The quantitative estimate of drug-likeness (QED) is 0.893. The Morgan fingerprint density at radius 2 is 2.12 bits per heavy atom. The maximum Gasteiger partial charge on any atom is 0.341 e. The van der Waals surface area contributed by atoms with Crippen molar-refractivity contribution < 1.29 is 14.6 Å². The highest BCUT2D eigenvalue weighted by Gasteiger charge is 2.19. The van der Waals surface area contributed by atoms with Crippen LogP contribution in [-0.4, -0.2) is 17.7 Å². The number of carboxylic acids is 1. The van der Waals surface area contributed by atoms with E-state index in [1.807, 2.05) is 0 Å². The van der Waals surface area contributed by atoms with Gasteiger partial charge < -0.3 is 9.84 Å². The Morgan fingerprint density at radius 3 is 2.76 bits per heavy atom. The molecule has 0 aromatic heterocycles. The van der Waals surface area contributed by atoms with Crippen molar-refractivity contribution in [3.63, 3.8) is 0 Å². The zero-order chi connectivity index (χ0) is 12.3. The molecule has 1 aliphatic rings. The van der Waals surface area contributed by atoms with Gasteiger partial charge in [0.1, 0.15) is 11.3 Å². The predicted octanol–water partition coefficient (Wildman–Crippen LogP) is 3.61. The summed E-state index contributed by atoms with van der Waals surface area (Å²) in [5.74, 6) is -0.121. The van der Waals surface area contributed by atoms with Gasteiger partial charge >= 0.3 is 5.97 Å². The molecule has 1 fully saturated rings. The SMILES string of the molecule is O=C(O)c1c(Cl)cccc1OCC1CCCC1. The van der Waals surface area contributed by atoms with Gasteiger partial charge in [-0.2, -0.15) is 0 Å². The lowest BCUT2D eigenvalue weighted by atomic mass is 10.1. The van der Waals surface area contributed by atoms with Gasteiger partial charge in [0, 0.05) is 0 Å². The summed E-state index contributed by atoms with van der Waals surface area (Å²) in [5.41, 5.74) is 0.0622. The first-order valence-electron chi connectivity index (χ1n) is 5.83. The fourth-order valence-corrected chi connectivity index (χ4v) is 2.46. The van der Waals surface area contributed by atoms with Crippen molar-refractivity contribution in [2.45, 2.75) is 25.7 Å². The van der Waals surface area contributed by atoms with Crippen LogP contribution in [0.4, 0.5) is 0 Å². The van der Waals surface area contributed by atoms with Gasteiger partial charge in [0.25, 0.3) is 0 Å². The second-order valence-corrected chi connectivity index (χ2v) is 4.79. The summed E-state index contributed by atoms with van der Waals surface area (Å²) < 4.78 is 5.60. The van der Waals surface area contributed by atoms with E-state index in [2.05, 4.69) is 0 Å². The molecule has 1 aromatic rings. The smallest absolute Gasteiger partial charge is 0.341 e. The van der Waals surface area contributed by atoms with Crippen molar-refractivity contribution in [3.05, 3.63) is 28.8 Å². The van der Waals surface area contributed by atoms with Crippen molar-refractivity contribution >= 4 is 17.6 Å². The normalized spacial score (nSPS) is 16.1. The number of halogens is 1. The molecule has 4 heteroatoms. The van der Waals surface area contributed by atoms with E-state index in [0.717, 1.165) is 0 Å². The molecule has 0 amide bonds. The Bertz CT molecular complexity index is 411. The maximum atomic E-state index is 11.1. The second kappa shape index (κ2) is 5.41. The van der Waals surface area contributed by atoms with Crippen molar-refractivity contribution in [2.24, 2.45) is 5.92 Å². The van der Waals surface area contributed by atoms with Crippen LogP contribution in [0, 0.1) is 5.92 Å². The van der Waals surface area contributed by atoms with E-state index in [9.17, 15) is 4.79 Å². The fourth-order valence-electron chi connectivity index (χ4n) is 2.22. The summed E-state index contributed by atoms with van der Waals surface area (Å²) in [7, 11) is 0. The number of hydrogen-bond acceptors (Lipinski definition) is 2. The Balaban J connectivity index is 2.09. The minimum atomic E-state index is -1.04. The van der Waals surface area contributed by atoms with Crippen molar-refractivity contribution in [1.29, 1.82) is 0 Å². The van der Waals surface area contributed by atoms with Crippen LogP contribution >= 0.6 is 11.6 Å². The molecule has 2 rings (SSSR count). The number of aromatic carboxylic acids is 1.